The van der Waals surface area contributed by atoms with E-state index in [1.165, 1.54) is 57.1 Å². The first kappa shape index (κ1) is 12.4. The van der Waals surface area contributed by atoms with Crippen LogP contribution in [0.3, 0.4) is 0 Å². The molecule has 0 nitrogen and oxygen atoms in total. The highest BCUT2D eigenvalue weighted by Crippen LogP contribution is 2.34. The summed E-state index contributed by atoms with van der Waals surface area (Å²) in [6.45, 7) is 4.61. The second-order valence-electron chi connectivity index (χ2n) is 4.66. The summed E-state index contributed by atoms with van der Waals surface area (Å²) in [7, 11) is 0. The van der Waals surface area contributed by atoms with Gasteiger partial charge in [0.2, 0.25) is 0 Å². The van der Waals surface area contributed by atoms with Gasteiger partial charge in [0.15, 0.2) is 0 Å². The van der Waals surface area contributed by atoms with Gasteiger partial charge in [-0.15, -0.1) is 0 Å². The predicted molar refractivity (Wildman–Crippen MR) is 68.0 cm³/mol. The molecule has 14 heavy (non-hydrogen) atoms. The Labute approximate surface area is 94.2 Å². The van der Waals surface area contributed by atoms with E-state index in [-0.39, 0.29) is 0 Å². The molecule has 0 atom stereocenters. The van der Waals surface area contributed by atoms with Gasteiger partial charge in [-0.3, -0.25) is 0 Å². The maximum absolute atomic E-state index is 2.32. The smallest absolute Gasteiger partial charge is 0.00472 e. The van der Waals surface area contributed by atoms with Crippen LogP contribution in [0.4, 0.5) is 0 Å². The molecule has 0 unspecified atom stereocenters. The van der Waals surface area contributed by atoms with Crippen LogP contribution in [-0.2, 0) is 0 Å². The Morgan fingerprint density at radius 3 is 2.29 bits per heavy atom. The van der Waals surface area contributed by atoms with E-state index in [4.69, 9.17) is 0 Å². The van der Waals surface area contributed by atoms with Crippen LogP contribution in [0.2, 0.25) is 0 Å². The second kappa shape index (κ2) is 7.62. The van der Waals surface area contributed by atoms with Crippen LogP contribution >= 0.6 is 11.8 Å². The molecule has 0 N–H and O–H groups in total. The van der Waals surface area contributed by atoms with E-state index in [1.807, 2.05) is 0 Å². The monoisotopic (exact) mass is 214 g/mol. The largest absolute Gasteiger partial charge is 0.159 e. The number of rotatable bonds is 6. The highest BCUT2D eigenvalue weighted by Gasteiger charge is 2.20. The van der Waals surface area contributed by atoms with Gasteiger partial charge in [-0.1, -0.05) is 33.1 Å². The quantitative estimate of drug-likeness (QED) is 0.568. The molecule has 0 amide bonds. The van der Waals surface area contributed by atoms with E-state index in [1.54, 1.807) is 0 Å². The summed E-state index contributed by atoms with van der Waals surface area (Å²) < 4.78 is 0. The Morgan fingerprint density at radius 1 is 1.00 bits per heavy atom. The van der Waals surface area contributed by atoms with Gasteiger partial charge in [0.05, 0.1) is 0 Å². The maximum atomic E-state index is 2.32. The number of thioether (sulfide) groups is 1. The first-order chi connectivity index (χ1) is 6.86. The molecule has 1 saturated carbocycles. The minimum atomic E-state index is 1.01. The minimum Gasteiger partial charge on any atom is -0.159 e. The van der Waals surface area contributed by atoms with Crippen LogP contribution in [-0.4, -0.2) is 11.0 Å². The average Bonchev–Trinajstić information content (AvgIpc) is 2.21. The van der Waals surface area contributed by atoms with Crippen LogP contribution in [0.25, 0.3) is 0 Å². The zero-order valence-corrected chi connectivity index (χ0v) is 10.7. The van der Waals surface area contributed by atoms with Gasteiger partial charge >= 0.3 is 0 Å². The molecule has 0 saturated heterocycles. The highest BCUT2D eigenvalue weighted by atomic mass is 32.2. The summed E-state index contributed by atoms with van der Waals surface area (Å²) in [6, 6.07) is 0. The van der Waals surface area contributed by atoms with Crippen LogP contribution in [0.15, 0.2) is 0 Å². The molecule has 0 radical (unpaired) electrons. The normalized spacial score (nSPS) is 27.9. The molecule has 1 heteroatoms. The standard InChI is InChI=1S/C13H26S/c1-3-5-11-14-13-9-7-12(6-4-2)8-10-13/h12-13H,3-11H2,1-2H3. The fraction of sp³-hybridized carbons (Fsp3) is 1.00. The topological polar surface area (TPSA) is 0 Å². The first-order valence-electron chi connectivity index (χ1n) is 6.48. The van der Waals surface area contributed by atoms with Crippen molar-refractivity contribution in [2.24, 2.45) is 5.92 Å². The summed E-state index contributed by atoms with van der Waals surface area (Å²) in [5.74, 6) is 2.47. The van der Waals surface area contributed by atoms with Crippen molar-refractivity contribution in [2.45, 2.75) is 70.5 Å². The van der Waals surface area contributed by atoms with Gasteiger partial charge in [-0.2, -0.15) is 11.8 Å². The van der Waals surface area contributed by atoms with Crippen LogP contribution < -0.4 is 0 Å². The third kappa shape index (κ3) is 4.72. The average molecular weight is 214 g/mol. The van der Waals surface area contributed by atoms with E-state index in [0.29, 0.717) is 0 Å². The van der Waals surface area contributed by atoms with Crippen LogP contribution in [0.1, 0.15) is 65.2 Å². The fourth-order valence-electron chi connectivity index (χ4n) is 2.39. The van der Waals surface area contributed by atoms with Gasteiger partial charge < -0.3 is 0 Å². The summed E-state index contributed by atoms with van der Waals surface area (Å²) in [5.41, 5.74) is 0. The molecule has 1 aliphatic rings. The van der Waals surface area contributed by atoms with Gasteiger partial charge in [0.25, 0.3) is 0 Å². The van der Waals surface area contributed by atoms with E-state index in [9.17, 15) is 0 Å². The van der Waals surface area contributed by atoms with Crippen molar-refractivity contribution in [1.82, 2.24) is 0 Å². The molecule has 0 heterocycles. The molecule has 84 valence electrons. The zero-order chi connectivity index (χ0) is 10.2. The van der Waals surface area contributed by atoms with Crippen molar-refractivity contribution in [3.63, 3.8) is 0 Å². The van der Waals surface area contributed by atoms with Crippen molar-refractivity contribution in [3.05, 3.63) is 0 Å². The fourth-order valence-corrected chi connectivity index (χ4v) is 3.78. The van der Waals surface area contributed by atoms with Gasteiger partial charge in [-0.05, 0) is 43.8 Å². The SMILES string of the molecule is CCCCSC1CCC(CCC)CC1. The molecular formula is C13H26S. The van der Waals surface area contributed by atoms with Crippen molar-refractivity contribution < 1.29 is 0 Å². The Bertz CT molecular complexity index is 125. The molecule has 0 bridgehead atoms. The molecule has 0 aliphatic heterocycles. The number of hydrogen-bond donors (Lipinski definition) is 0. The summed E-state index contributed by atoms with van der Waals surface area (Å²) in [5, 5.41) is 1.01. The lowest BCUT2D eigenvalue weighted by Crippen LogP contribution is -2.16. The van der Waals surface area contributed by atoms with Crippen molar-refractivity contribution in [2.75, 3.05) is 5.75 Å². The Hall–Kier alpha value is 0.350. The molecule has 0 aromatic rings. The van der Waals surface area contributed by atoms with Crippen molar-refractivity contribution in [3.8, 4) is 0 Å². The lowest BCUT2D eigenvalue weighted by atomic mass is 9.86. The number of unbranched alkanes of at least 4 members (excludes halogenated alkanes) is 1. The molecular weight excluding hydrogens is 188 g/mol. The summed E-state index contributed by atoms with van der Waals surface area (Å²) in [4.78, 5) is 0. The molecule has 1 fully saturated rings. The molecule has 0 aromatic carbocycles. The summed E-state index contributed by atoms with van der Waals surface area (Å²) in [6.07, 6.45) is 11.7. The van der Waals surface area contributed by atoms with Crippen molar-refractivity contribution in [1.29, 1.82) is 0 Å². The Kier molecular flexibility index (Phi) is 6.76. The van der Waals surface area contributed by atoms with Gasteiger partial charge in [-0.25, -0.2) is 0 Å². The lowest BCUT2D eigenvalue weighted by Gasteiger charge is -2.27. The third-order valence-electron chi connectivity index (χ3n) is 3.34. The molecule has 1 aliphatic carbocycles. The highest BCUT2D eigenvalue weighted by molar-refractivity contribution is 7.99. The van der Waals surface area contributed by atoms with Crippen molar-refractivity contribution >= 4 is 11.8 Å². The first-order valence-corrected chi connectivity index (χ1v) is 7.53. The zero-order valence-electron chi connectivity index (χ0n) is 9.93. The Balaban J connectivity index is 2.03. The number of hydrogen-bond acceptors (Lipinski definition) is 1. The van der Waals surface area contributed by atoms with Gasteiger partial charge in [0.1, 0.15) is 0 Å². The summed E-state index contributed by atoms with van der Waals surface area (Å²) >= 11 is 2.24. The van der Waals surface area contributed by atoms with Crippen LogP contribution in [0, 0.1) is 5.92 Å². The lowest BCUT2D eigenvalue weighted by molar-refractivity contribution is 0.342. The predicted octanol–water partition coefficient (Wildman–Crippen LogP) is 4.88. The molecule has 0 spiro atoms. The van der Waals surface area contributed by atoms with E-state index < -0.39 is 0 Å². The van der Waals surface area contributed by atoms with Crippen LogP contribution in [0.5, 0.6) is 0 Å². The van der Waals surface area contributed by atoms with E-state index in [0.717, 1.165) is 11.2 Å². The molecule has 1 rings (SSSR count). The van der Waals surface area contributed by atoms with Gasteiger partial charge in [0, 0.05) is 5.25 Å². The second-order valence-corrected chi connectivity index (χ2v) is 6.06. The van der Waals surface area contributed by atoms with E-state index >= 15 is 0 Å². The van der Waals surface area contributed by atoms with E-state index in [2.05, 4.69) is 25.6 Å². The third-order valence-corrected chi connectivity index (χ3v) is 4.81. The Morgan fingerprint density at radius 2 is 1.71 bits per heavy atom. The minimum absolute atomic E-state index is 1.01. The maximum Gasteiger partial charge on any atom is 0.00472 e. The molecule has 0 aromatic heterocycles.